The summed E-state index contributed by atoms with van der Waals surface area (Å²) < 4.78 is 28.3. The van der Waals surface area contributed by atoms with Crippen LogP contribution in [0.2, 0.25) is 14.5 Å². The van der Waals surface area contributed by atoms with Crippen LogP contribution in [-0.2, 0) is 16.6 Å². The lowest BCUT2D eigenvalue weighted by atomic mass is 10.3. The predicted molar refractivity (Wildman–Crippen MR) is 119 cm³/mol. The number of thiazole rings is 1. The predicted octanol–water partition coefficient (Wildman–Crippen LogP) is 6.31. The molecule has 5 nitrogen and oxygen atoms in total. The van der Waals surface area contributed by atoms with Crippen molar-refractivity contribution in [1.82, 2.24) is 9.29 Å². The highest BCUT2D eigenvalue weighted by Crippen LogP contribution is 2.34. The molecular weight excluding hydrogens is 461 g/mol. The first-order chi connectivity index (χ1) is 13.3. The van der Waals surface area contributed by atoms with Gasteiger partial charge < -0.3 is 5.32 Å². The molecule has 2 rings (SSSR count). The van der Waals surface area contributed by atoms with Crippen molar-refractivity contribution in [2.75, 3.05) is 18.4 Å². The van der Waals surface area contributed by atoms with Crippen LogP contribution in [0.15, 0.2) is 23.2 Å². The van der Waals surface area contributed by atoms with Crippen molar-refractivity contribution in [2.24, 2.45) is 0 Å². The van der Waals surface area contributed by atoms with Crippen LogP contribution in [0.3, 0.4) is 0 Å². The maximum atomic E-state index is 13.2. The molecule has 0 spiro atoms. The van der Waals surface area contributed by atoms with Gasteiger partial charge in [-0.2, -0.15) is 4.31 Å². The van der Waals surface area contributed by atoms with Crippen LogP contribution < -0.4 is 5.32 Å². The Labute approximate surface area is 186 Å². The van der Waals surface area contributed by atoms with Gasteiger partial charge in [0, 0.05) is 24.2 Å². The highest BCUT2D eigenvalue weighted by atomic mass is 35.5. The number of benzene rings is 1. The zero-order valence-electron chi connectivity index (χ0n) is 15.8. The quantitative estimate of drug-likeness (QED) is 0.406. The zero-order chi connectivity index (χ0) is 20.7. The number of hydrogen-bond acceptors (Lipinski definition) is 5. The van der Waals surface area contributed by atoms with Crippen molar-refractivity contribution in [3.05, 3.63) is 37.7 Å². The van der Waals surface area contributed by atoms with Crippen LogP contribution in [0, 0.1) is 0 Å². The summed E-state index contributed by atoms with van der Waals surface area (Å²) in [5, 5.41) is 3.59. The summed E-state index contributed by atoms with van der Waals surface area (Å²) in [6.45, 7) is 5.47. The molecule has 0 fully saturated rings. The molecule has 10 heteroatoms. The minimum Gasteiger partial charge on any atom is -0.379 e. The lowest BCUT2D eigenvalue weighted by Crippen LogP contribution is -2.33. The van der Waals surface area contributed by atoms with Gasteiger partial charge in [0.2, 0.25) is 10.0 Å². The van der Waals surface area contributed by atoms with Crippen LogP contribution in [0.4, 0.5) is 5.69 Å². The molecule has 1 heterocycles. The number of nitrogens with zero attached hydrogens (tertiary/aromatic N) is 2. The number of sulfonamides is 1. The number of aromatic nitrogens is 1. The Morgan fingerprint density at radius 3 is 2.25 bits per heavy atom. The van der Waals surface area contributed by atoms with Crippen LogP contribution in [0.1, 0.15) is 44.4 Å². The first-order valence-corrected chi connectivity index (χ1v) is 12.5. The summed E-state index contributed by atoms with van der Waals surface area (Å²) in [5.74, 6) is 0. The molecule has 0 aliphatic carbocycles. The highest BCUT2D eigenvalue weighted by Gasteiger charge is 2.27. The minimum atomic E-state index is -3.72. The Morgan fingerprint density at radius 1 is 1.07 bits per heavy atom. The normalized spacial score (nSPS) is 11.9. The third kappa shape index (κ3) is 6.21. The van der Waals surface area contributed by atoms with Gasteiger partial charge in [-0.05, 0) is 25.0 Å². The Hall–Kier alpha value is -0.570. The van der Waals surface area contributed by atoms with Gasteiger partial charge in [-0.1, -0.05) is 61.5 Å². The molecule has 0 bridgehead atoms. The molecular formula is C18H24Cl3N3O2S2. The largest absolute Gasteiger partial charge is 0.379 e. The number of nitrogens with one attached hydrogen (secondary N) is 1. The standard InChI is InChI=1S/C18H24Cl3N3O2S2/c1-3-5-7-24(8-6-4-2)28(25,26)17-10-14(19)16(9-15(17)20)22-11-13-12-23-18(21)27-13/h9-10,12,22H,3-8,11H2,1-2H3. The zero-order valence-corrected chi connectivity index (χ0v) is 19.7. The van der Waals surface area contributed by atoms with E-state index in [-0.39, 0.29) is 9.92 Å². The van der Waals surface area contributed by atoms with Crippen LogP contribution >= 0.6 is 46.1 Å². The van der Waals surface area contributed by atoms with E-state index >= 15 is 0 Å². The van der Waals surface area contributed by atoms with E-state index < -0.39 is 10.0 Å². The van der Waals surface area contributed by atoms with Gasteiger partial charge in [-0.15, -0.1) is 11.3 Å². The average Bonchev–Trinajstić information content (AvgIpc) is 3.07. The summed E-state index contributed by atoms with van der Waals surface area (Å²) in [4.78, 5) is 4.95. The van der Waals surface area contributed by atoms with E-state index in [0.29, 0.717) is 34.8 Å². The fourth-order valence-electron chi connectivity index (χ4n) is 2.57. The Bertz CT molecular complexity index is 880. The SMILES string of the molecule is CCCCN(CCCC)S(=O)(=O)c1cc(Cl)c(NCc2cnc(Cl)s2)cc1Cl. The van der Waals surface area contributed by atoms with Gasteiger partial charge in [-0.3, -0.25) is 0 Å². The van der Waals surface area contributed by atoms with Crippen molar-refractivity contribution in [1.29, 1.82) is 0 Å². The molecule has 0 aliphatic heterocycles. The molecule has 0 radical (unpaired) electrons. The first kappa shape index (κ1) is 23.7. The van der Waals surface area contributed by atoms with Crippen molar-refractivity contribution in [3.8, 4) is 0 Å². The van der Waals surface area contributed by atoms with Crippen molar-refractivity contribution in [2.45, 2.75) is 51.0 Å². The van der Waals surface area contributed by atoms with Gasteiger partial charge >= 0.3 is 0 Å². The molecule has 0 aliphatic rings. The summed E-state index contributed by atoms with van der Waals surface area (Å²) in [7, 11) is -3.72. The number of anilines is 1. The number of halogens is 3. The molecule has 28 heavy (non-hydrogen) atoms. The Kier molecular flexibility index (Phi) is 9.31. The lowest BCUT2D eigenvalue weighted by Gasteiger charge is -2.23. The van der Waals surface area contributed by atoms with Crippen LogP contribution in [-0.4, -0.2) is 30.8 Å². The maximum Gasteiger partial charge on any atom is 0.244 e. The van der Waals surface area contributed by atoms with Gasteiger partial charge in [0.1, 0.15) is 4.90 Å². The highest BCUT2D eigenvalue weighted by molar-refractivity contribution is 7.89. The van der Waals surface area contributed by atoms with Gasteiger partial charge in [0.15, 0.2) is 4.47 Å². The second-order valence-corrected chi connectivity index (χ2v) is 10.7. The molecule has 1 aromatic carbocycles. The van der Waals surface area contributed by atoms with E-state index in [9.17, 15) is 8.42 Å². The van der Waals surface area contributed by atoms with E-state index in [1.807, 2.05) is 13.8 Å². The van der Waals surface area contributed by atoms with Crippen LogP contribution in [0.5, 0.6) is 0 Å². The van der Waals surface area contributed by atoms with E-state index in [1.54, 1.807) is 12.3 Å². The number of rotatable bonds is 11. The maximum absolute atomic E-state index is 13.2. The van der Waals surface area contributed by atoms with E-state index in [0.717, 1.165) is 30.6 Å². The monoisotopic (exact) mass is 483 g/mol. The number of hydrogen-bond donors (Lipinski definition) is 1. The van der Waals surface area contributed by atoms with E-state index in [4.69, 9.17) is 34.8 Å². The van der Waals surface area contributed by atoms with Crippen molar-refractivity contribution >= 4 is 61.9 Å². The molecule has 0 saturated carbocycles. The molecule has 0 atom stereocenters. The fourth-order valence-corrected chi connectivity index (χ4v) is 5.83. The Balaban J connectivity index is 2.24. The van der Waals surface area contributed by atoms with Gasteiger partial charge in [0.05, 0.1) is 22.3 Å². The second-order valence-electron chi connectivity index (χ2n) is 6.31. The topological polar surface area (TPSA) is 62.3 Å². The Morgan fingerprint density at radius 2 is 1.71 bits per heavy atom. The first-order valence-electron chi connectivity index (χ1n) is 9.12. The smallest absolute Gasteiger partial charge is 0.244 e. The minimum absolute atomic E-state index is 0.0396. The fraction of sp³-hybridized carbons (Fsp3) is 0.500. The van der Waals surface area contributed by atoms with Crippen molar-refractivity contribution < 1.29 is 8.42 Å². The van der Waals surface area contributed by atoms with Gasteiger partial charge in [0.25, 0.3) is 0 Å². The summed E-state index contributed by atoms with van der Waals surface area (Å²) in [5.41, 5.74) is 0.559. The third-order valence-electron chi connectivity index (χ3n) is 4.14. The van der Waals surface area contributed by atoms with E-state index in [1.165, 1.54) is 21.7 Å². The molecule has 1 aromatic heterocycles. The molecule has 156 valence electrons. The molecule has 0 unspecified atom stereocenters. The molecule has 0 amide bonds. The molecule has 1 N–H and O–H groups in total. The van der Waals surface area contributed by atoms with Gasteiger partial charge in [-0.25, -0.2) is 13.4 Å². The second kappa shape index (κ2) is 11.0. The molecule has 2 aromatic rings. The summed E-state index contributed by atoms with van der Waals surface area (Å²) in [6, 6.07) is 2.98. The van der Waals surface area contributed by atoms with Crippen molar-refractivity contribution in [3.63, 3.8) is 0 Å². The average molecular weight is 485 g/mol. The summed E-state index contributed by atoms with van der Waals surface area (Å²) >= 11 is 19.9. The number of unbranched alkanes of at least 4 members (excludes halogenated alkanes) is 2. The third-order valence-corrected chi connectivity index (χ3v) is 7.93. The summed E-state index contributed by atoms with van der Waals surface area (Å²) in [6.07, 6.45) is 5.10. The van der Waals surface area contributed by atoms with E-state index in [2.05, 4.69) is 10.3 Å². The lowest BCUT2D eigenvalue weighted by molar-refractivity contribution is 0.395. The molecule has 0 saturated heterocycles. The van der Waals surface area contributed by atoms with Crippen LogP contribution in [0.25, 0.3) is 0 Å².